The van der Waals surface area contributed by atoms with Gasteiger partial charge < -0.3 is 14.4 Å². The smallest absolute Gasteiger partial charge is 0.409 e. The fraction of sp³-hybridized carbons (Fsp3) is 0.818. The van der Waals surface area contributed by atoms with Crippen LogP contribution in [0.4, 0.5) is 9.18 Å². The van der Waals surface area contributed by atoms with E-state index in [0.717, 1.165) is 26.4 Å². The summed E-state index contributed by atoms with van der Waals surface area (Å²) in [7, 11) is 1.12. The zero-order valence-corrected chi connectivity index (χ0v) is 9.99. The number of likely N-dealkylation sites (tertiary alicyclic amines) is 1. The van der Waals surface area contributed by atoms with Crippen LogP contribution in [0.5, 0.6) is 0 Å². The van der Waals surface area contributed by atoms with Crippen molar-refractivity contribution in [1.82, 2.24) is 4.90 Å². The number of piperidine rings is 1. The lowest BCUT2D eigenvalue weighted by molar-refractivity contribution is -0.147. The first-order valence-electron chi connectivity index (χ1n) is 5.78. The van der Waals surface area contributed by atoms with Crippen molar-refractivity contribution in [2.45, 2.75) is 31.9 Å². The minimum Gasteiger partial charge on any atom is -0.467 e. The number of halogens is 1. The lowest BCUT2D eigenvalue weighted by Crippen LogP contribution is -2.36. The Morgan fingerprint density at radius 2 is 1.94 bits per heavy atom. The van der Waals surface area contributed by atoms with E-state index in [0.29, 0.717) is 13.1 Å². The molecule has 5 nitrogen and oxygen atoms in total. The van der Waals surface area contributed by atoms with Crippen LogP contribution in [0.2, 0.25) is 0 Å². The molecule has 0 aromatic rings. The summed E-state index contributed by atoms with van der Waals surface area (Å²) >= 11 is 0. The van der Waals surface area contributed by atoms with Gasteiger partial charge in [0, 0.05) is 19.5 Å². The van der Waals surface area contributed by atoms with E-state index in [4.69, 9.17) is 4.74 Å². The highest BCUT2D eigenvalue weighted by atomic mass is 19.1. The molecule has 1 aliphatic rings. The molecule has 1 rings (SSSR count). The van der Waals surface area contributed by atoms with Gasteiger partial charge >= 0.3 is 12.1 Å². The number of nitrogens with zero attached hydrogens (tertiary/aromatic N) is 1. The molecule has 0 N–H and O–H groups in total. The van der Waals surface area contributed by atoms with E-state index in [1.165, 1.54) is 0 Å². The van der Waals surface area contributed by atoms with E-state index in [1.807, 2.05) is 0 Å². The van der Waals surface area contributed by atoms with Crippen molar-refractivity contribution in [3.63, 3.8) is 0 Å². The Morgan fingerprint density at radius 3 is 2.53 bits per heavy atom. The molecule has 0 aromatic heterocycles. The van der Waals surface area contributed by atoms with Crippen LogP contribution in [0.25, 0.3) is 0 Å². The maximum Gasteiger partial charge on any atom is 0.409 e. The first-order valence-corrected chi connectivity index (χ1v) is 5.78. The van der Waals surface area contributed by atoms with Crippen LogP contribution in [-0.2, 0) is 14.3 Å². The van der Waals surface area contributed by atoms with Gasteiger partial charge in [-0.2, -0.15) is 0 Å². The van der Waals surface area contributed by atoms with Crippen molar-refractivity contribution in [3.8, 4) is 0 Å². The second-order valence-electron chi connectivity index (χ2n) is 3.94. The van der Waals surface area contributed by atoms with Gasteiger partial charge in [-0.25, -0.2) is 14.0 Å². The molecule has 0 bridgehead atoms. The Balaban J connectivity index is 2.17. The molecule has 0 radical (unpaired) electrons. The molecule has 1 fully saturated rings. The predicted molar refractivity (Wildman–Crippen MR) is 58.3 cm³/mol. The van der Waals surface area contributed by atoms with Gasteiger partial charge in [-0.3, -0.25) is 0 Å². The maximum atomic E-state index is 13.0. The van der Waals surface area contributed by atoms with Crippen molar-refractivity contribution < 1.29 is 23.5 Å². The van der Waals surface area contributed by atoms with Gasteiger partial charge in [0.2, 0.25) is 6.17 Å². The molecule has 1 amide bonds. The molecule has 0 aliphatic carbocycles. The summed E-state index contributed by atoms with van der Waals surface area (Å²) < 4.78 is 22.1. The summed E-state index contributed by atoms with van der Waals surface area (Å²) in [5.74, 6) is -0.931. The Bertz CT molecular complexity index is 266. The number of hydrogen-bond acceptors (Lipinski definition) is 4. The highest BCUT2D eigenvalue weighted by Gasteiger charge is 2.20. The van der Waals surface area contributed by atoms with Crippen molar-refractivity contribution >= 4 is 12.1 Å². The third-order valence-corrected chi connectivity index (χ3v) is 2.67. The lowest BCUT2D eigenvalue weighted by Gasteiger charge is -2.25. The zero-order valence-electron chi connectivity index (χ0n) is 9.99. The maximum absolute atomic E-state index is 13.0. The molecule has 1 atom stereocenters. The van der Waals surface area contributed by atoms with Crippen molar-refractivity contribution in [2.75, 3.05) is 26.8 Å². The van der Waals surface area contributed by atoms with E-state index >= 15 is 0 Å². The molecule has 0 saturated carbocycles. The summed E-state index contributed by atoms with van der Waals surface area (Å²) in [4.78, 5) is 23.8. The lowest BCUT2D eigenvalue weighted by atomic mass is 10.1. The largest absolute Gasteiger partial charge is 0.467 e. The van der Waals surface area contributed by atoms with Crippen LogP contribution in [0, 0.1) is 0 Å². The monoisotopic (exact) mass is 247 g/mol. The summed E-state index contributed by atoms with van der Waals surface area (Å²) in [6, 6.07) is 0. The Kier molecular flexibility index (Phi) is 5.72. The summed E-state index contributed by atoms with van der Waals surface area (Å²) in [6.07, 6.45) is 0.757. The minimum atomic E-state index is -1.73. The molecule has 1 aliphatic heterocycles. The number of methoxy groups -OCH3 is 1. The van der Waals surface area contributed by atoms with Crippen molar-refractivity contribution in [2.24, 2.45) is 0 Å². The number of carbonyl (C=O) groups is 2. The van der Waals surface area contributed by atoms with E-state index in [-0.39, 0.29) is 13.0 Å². The summed E-state index contributed by atoms with van der Waals surface area (Å²) in [6.45, 7) is 1.27. The van der Waals surface area contributed by atoms with Gasteiger partial charge in [-0.15, -0.1) is 0 Å². The van der Waals surface area contributed by atoms with Crippen LogP contribution >= 0.6 is 0 Å². The number of alkyl halides is 1. The average Bonchev–Trinajstić information content (AvgIpc) is 2.38. The second kappa shape index (κ2) is 7.09. The average molecular weight is 247 g/mol. The number of amides is 1. The second-order valence-corrected chi connectivity index (χ2v) is 3.94. The number of carbonyl (C=O) groups excluding carboxylic acids is 2. The Labute approximate surface area is 99.9 Å². The first kappa shape index (κ1) is 13.7. The highest BCUT2D eigenvalue weighted by Crippen LogP contribution is 2.10. The summed E-state index contributed by atoms with van der Waals surface area (Å²) in [5, 5.41) is 0. The first-order chi connectivity index (χ1) is 8.15. The quantitative estimate of drug-likeness (QED) is 0.707. The predicted octanol–water partition coefficient (Wildman–Crippen LogP) is 1.51. The van der Waals surface area contributed by atoms with E-state index < -0.39 is 18.2 Å². The molecule has 1 heterocycles. The molecule has 98 valence electrons. The third-order valence-electron chi connectivity index (χ3n) is 2.67. The van der Waals surface area contributed by atoms with Gasteiger partial charge in [0.15, 0.2) is 0 Å². The molecular weight excluding hydrogens is 229 g/mol. The van der Waals surface area contributed by atoms with Crippen LogP contribution in [-0.4, -0.2) is 49.9 Å². The molecule has 0 spiro atoms. The molecule has 0 aromatic carbocycles. The number of rotatable bonds is 4. The van der Waals surface area contributed by atoms with E-state index in [1.54, 1.807) is 4.90 Å². The van der Waals surface area contributed by atoms with Crippen LogP contribution in [0.3, 0.4) is 0 Å². The molecule has 1 saturated heterocycles. The normalized spacial score (nSPS) is 17.4. The fourth-order valence-corrected chi connectivity index (χ4v) is 1.66. The Hall–Kier alpha value is -1.33. The zero-order chi connectivity index (χ0) is 12.7. The molecular formula is C11H18FNO4. The van der Waals surface area contributed by atoms with Crippen molar-refractivity contribution in [1.29, 1.82) is 0 Å². The topological polar surface area (TPSA) is 55.8 Å². The van der Waals surface area contributed by atoms with E-state index in [2.05, 4.69) is 4.74 Å². The van der Waals surface area contributed by atoms with Crippen LogP contribution in [0.15, 0.2) is 0 Å². The highest BCUT2D eigenvalue weighted by molar-refractivity contribution is 5.74. The summed E-state index contributed by atoms with van der Waals surface area (Å²) in [5.41, 5.74) is 0. The van der Waals surface area contributed by atoms with E-state index in [9.17, 15) is 14.0 Å². The Morgan fingerprint density at radius 1 is 1.29 bits per heavy atom. The molecule has 17 heavy (non-hydrogen) atoms. The van der Waals surface area contributed by atoms with Gasteiger partial charge in [-0.1, -0.05) is 0 Å². The van der Waals surface area contributed by atoms with Crippen molar-refractivity contribution in [3.05, 3.63) is 0 Å². The SMILES string of the molecule is COC(=O)C(F)CCOC(=O)N1CCCCC1. The third kappa shape index (κ3) is 4.58. The van der Waals surface area contributed by atoms with Gasteiger partial charge in [0.05, 0.1) is 13.7 Å². The number of hydrogen-bond donors (Lipinski definition) is 0. The van der Waals surface area contributed by atoms with Crippen LogP contribution < -0.4 is 0 Å². The number of ether oxygens (including phenoxy) is 2. The number of esters is 1. The minimum absolute atomic E-state index is 0.106. The fourth-order valence-electron chi connectivity index (χ4n) is 1.66. The van der Waals surface area contributed by atoms with Crippen LogP contribution in [0.1, 0.15) is 25.7 Å². The van der Waals surface area contributed by atoms with Gasteiger partial charge in [0.1, 0.15) is 0 Å². The molecule has 6 heteroatoms. The van der Waals surface area contributed by atoms with Gasteiger partial charge in [0.25, 0.3) is 0 Å². The molecule has 1 unspecified atom stereocenters. The van der Waals surface area contributed by atoms with Gasteiger partial charge in [-0.05, 0) is 19.3 Å². The standard InChI is InChI=1S/C11H18FNO4/c1-16-10(14)9(12)5-8-17-11(15)13-6-3-2-4-7-13/h9H,2-8H2,1H3.